The Bertz CT molecular complexity index is 1060. The van der Waals surface area contributed by atoms with Gasteiger partial charge in [0.05, 0.1) is 6.20 Å². The van der Waals surface area contributed by atoms with E-state index in [0.717, 1.165) is 37.3 Å². The Morgan fingerprint density at radius 1 is 0.750 bits per heavy atom. The third-order valence-corrected chi connectivity index (χ3v) is 5.65. The van der Waals surface area contributed by atoms with Gasteiger partial charge in [0.15, 0.2) is 0 Å². The molecule has 0 amide bonds. The molecule has 164 valence electrons. The second-order valence-electron chi connectivity index (χ2n) is 8.08. The van der Waals surface area contributed by atoms with Gasteiger partial charge in [-0.15, -0.1) is 5.10 Å². The third kappa shape index (κ3) is 6.34. The number of aromatic nitrogens is 4. The van der Waals surface area contributed by atoms with Crippen molar-refractivity contribution >= 4 is 0 Å². The molecule has 4 aromatic rings. The third-order valence-electron chi connectivity index (χ3n) is 5.65. The molecule has 0 fully saturated rings. The van der Waals surface area contributed by atoms with Crippen LogP contribution in [0.15, 0.2) is 85.3 Å². The quantitative estimate of drug-likeness (QED) is 0.294. The Morgan fingerprint density at radius 3 is 2.41 bits per heavy atom. The van der Waals surface area contributed by atoms with Crippen molar-refractivity contribution in [3.8, 4) is 22.4 Å². The van der Waals surface area contributed by atoms with E-state index in [2.05, 4.69) is 75.2 Å². The molecular formula is C27H31N5. The van der Waals surface area contributed by atoms with E-state index in [4.69, 9.17) is 0 Å². The van der Waals surface area contributed by atoms with Crippen molar-refractivity contribution in [1.29, 1.82) is 0 Å². The van der Waals surface area contributed by atoms with Crippen LogP contribution >= 0.6 is 0 Å². The molecule has 0 spiro atoms. The van der Waals surface area contributed by atoms with E-state index < -0.39 is 0 Å². The maximum Gasteiger partial charge on any atom is 0.114 e. The Hall–Kier alpha value is -3.31. The van der Waals surface area contributed by atoms with Crippen LogP contribution in [0.3, 0.4) is 0 Å². The molecule has 0 radical (unpaired) electrons. The minimum atomic E-state index is 0.887. The minimum Gasteiger partial charge on any atom is -0.313 e. The van der Waals surface area contributed by atoms with Crippen molar-refractivity contribution in [2.24, 2.45) is 0 Å². The Labute approximate surface area is 190 Å². The lowest BCUT2D eigenvalue weighted by atomic mass is 10.00. The van der Waals surface area contributed by atoms with Crippen LogP contribution in [-0.4, -0.2) is 26.5 Å². The minimum absolute atomic E-state index is 0.887. The molecule has 2 aromatic carbocycles. The van der Waals surface area contributed by atoms with E-state index in [1.807, 2.05) is 29.2 Å². The molecular weight excluding hydrogens is 394 g/mol. The van der Waals surface area contributed by atoms with E-state index in [1.54, 1.807) is 6.20 Å². The summed E-state index contributed by atoms with van der Waals surface area (Å²) >= 11 is 0. The van der Waals surface area contributed by atoms with Gasteiger partial charge in [-0.3, -0.25) is 9.67 Å². The number of hydrogen-bond acceptors (Lipinski definition) is 4. The van der Waals surface area contributed by atoms with Crippen LogP contribution < -0.4 is 5.32 Å². The molecule has 32 heavy (non-hydrogen) atoms. The lowest BCUT2D eigenvalue weighted by Crippen LogP contribution is -2.15. The molecule has 2 aromatic heterocycles. The highest BCUT2D eigenvalue weighted by atomic mass is 15.4. The summed E-state index contributed by atoms with van der Waals surface area (Å²) < 4.78 is 1.94. The molecule has 0 aliphatic heterocycles. The van der Waals surface area contributed by atoms with E-state index >= 15 is 0 Å². The Balaban J connectivity index is 1.09. The topological polar surface area (TPSA) is 55.6 Å². The molecule has 0 saturated carbocycles. The Morgan fingerprint density at radius 2 is 1.53 bits per heavy atom. The zero-order valence-electron chi connectivity index (χ0n) is 18.5. The van der Waals surface area contributed by atoms with E-state index in [1.165, 1.54) is 42.4 Å². The SMILES string of the molecule is c1ccc(-c2ccccc2CNCCCCCCCn2cc(-c3cccnc3)nn2)cc1. The highest BCUT2D eigenvalue weighted by molar-refractivity contribution is 5.67. The summed E-state index contributed by atoms with van der Waals surface area (Å²) in [6.07, 6.45) is 11.7. The maximum atomic E-state index is 4.25. The van der Waals surface area contributed by atoms with Gasteiger partial charge in [0.25, 0.3) is 0 Å². The molecule has 0 bridgehead atoms. The average Bonchev–Trinajstić information content (AvgIpc) is 3.33. The van der Waals surface area contributed by atoms with Crippen LogP contribution in [-0.2, 0) is 13.1 Å². The van der Waals surface area contributed by atoms with Crippen LogP contribution in [0.2, 0.25) is 0 Å². The molecule has 4 rings (SSSR count). The van der Waals surface area contributed by atoms with Gasteiger partial charge in [0.1, 0.15) is 5.69 Å². The van der Waals surface area contributed by atoms with Gasteiger partial charge in [-0.05, 0) is 48.2 Å². The van der Waals surface area contributed by atoms with Gasteiger partial charge in [0.2, 0.25) is 0 Å². The summed E-state index contributed by atoms with van der Waals surface area (Å²) in [6, 6.07) is 23.2. The fraction of sp³-hybridized carbons (Fsp3) is 0.296. The van der Waals surface area contributed by atoms with Crippen molar-refractivity contribution in [2.75, 3.05) is 6.54 Å². The van der Waals surface area contributed by atoms with E-state index in [0.29, 0.717) is 0 Å². The zero-order chi connectivity index (χ0) is 21.8. The summed E-state index contributed by atoms with van der Waals surface area (Å²) in [5.41, 5.74) is 5.86. The summed E-state index contributed by atoms with van der Waals surface area (Å²) in [5.74, 6) is 0. The lowest BCUT2D eigenvalue weighted by molar-refractivity contribution is 0.512. The number of benzene rings is 2. The summed E-state index contributed by atoms with van der Waals surface area (Å²) in [7, 11) is 0. The Kier molecular flexibility index (Phi) is 8.16. The van der Waals surface area contributed by atoms with Crippen LogP contribution in [0.5, 0.6) is 0 Å². The number of rotatable bonds is 12. The second-order valence-corrected chi connectivity index (χ2v) is 8.08. The largest absolute Gasteiger partial charge is 0.313 e. The van der Waals surface area contributed by atoms with Crippen LogP contribution in [0.25, 0.3) is 22.4 Å². The first kappa shape index (κ1) is 21.9. The van der Waals surface area contributed by atoms with E-state index in [9.17, 15) is 0 Å². The molecule has 0 saturated heterocycles. The predicted molar refractivity (Wildman–Crippen MR) is 130 cm³/mol. The van der Waals surface area contributed by atoms with Crippen molar-refractivity contribution in [3.05, 3.63) is 90.9 Å². The number of nitrogens with one attached hydrogen (secondary N) is 1. The smallest absolute Gasteiger partial charge is 0.114 e. The molecule has 0 aliphatic rings. The van der Waals surface area contributed by atoms with Gasteiger partial charge in [-0.1, -0.05) is 79.1 Å². The monoisotopic (exact) mass is 425 g/mol. The number of nitrogens with zero attached hydrogens (tertiary/aromatic N) is 4. The summed E-state index contributed by atoms with van der Waals surface area (Å²) in [6.45, 7) is 2.89. The first-order chi connectivity index (χ1) is 15.9. The zero-order valence-corrected chi connectivity index (χ0v) is 18.5. The highest BCUT2D eigenvalue weighted by Gasteiger charge is 2.04. The predicted octanol–water partition coefficient (Wildman–Crippen LogP) is 5.75. The van der Waals surface area contributed by atoms with Gasteiger partial charge in [-0.25, -0.2) is 0 Å². The number of unbranched alkanes of at least 4 members (excludes halogenated alkanes) is 4. The van der Waals surface area contributed by atoms with Crippen molar-refractivity contribution in [3.63, 3.8) is 0 Å². The van der Waals surface area contributed by atoms with Crippen LogP contribution in [0.1, 0.15) is 37.7 Å². The molecule has 0 unspecified atom stereocenters. The summed E-state index contributed by atoms with van der Waals surface area (Å²) in [5, 5.41) is 12.1. The molecule has 1 N–H and O–H groups in total. The molecule has 0 aliphatic carbocycles. The van der Waals surface area contributed by atoms with Gasteiger partial charge in [-0.2, -0.15) is 0 Å². The van der Waals surface area contributed by atoms with Gasteiger partial charge in [0, 0.05) is 31.0 Å². The maximum absolute atomic E-state index is 4.25. The average molecular weight is 426 g/mol. The fourth-order valence-corrected chi connectivity index (χ4v) is 3.91. The number of aryl methyl sites for hydroxylation is 1. The highest BCUT2D eigenvalue weighted by Crippen LogP contribution is 2.23. The lowest BCUT2D eigenvalue weighted by Gasteiger charge is -2.11. The van der Waals surface area contributed by atoms with E-state index in [-0.39, 0.29) is 0 Å². The van der Waals surface area contributed by atoms with Crippen molar-refractivity contribution in [2.45, 2.75) is 45.2 Å². The normalized spacial score (nSPS) is 11.0. The second kappa shape index (κ2) is 11.9. The van der Waals surface area contributed by atoms with Crippen molar-refractivity contribution in [1.82, 2.24) is 25.3 Å². The molecule has 5 nitrogen and oxygen atoms in total. The first-order valence-electron chi connectivity index (χ1n) is 11.5. The fourth-order valence-electron chi connectivity index (χ4n) is 3.91. The number of hydrogen-bond donors (Lipinski definition) is 1. The summed E-state index contributed by atoms with van der Waals surface area (Å²) in [4.78, 5) is 4.14. The number of pyridine rings is 1. The standard InChI is InChI=1S/C27H31N5/c1(3-10-19-32-22-27(30-31-32)25-15-11-18-29-21-25)2-9-17-28-20-24-14-7-8-16-26(24)23-12-5-4-6-13-23/h4-8,11-16,18,21-22,28H,1-3,9-10,17,19-20H2. The molecule has 0 atom stereocenters. The molecule has 5 heteroatoms. The van der Waals surface area contributed by atoms with Crippen molar-refractivity contribution < 1.29 is 0 Å². The van der Waals surface area contributed by atoms with Crippen LogP contribution in [0.4, 0.5) is 0 Å². The van der Waals surface area contributed by atoms with Gasteiger partial charge >= 0.3 is 0 Å². The van der Waals surface area contributed by atoms with Crippen LogP contribution in [0, 0.1) is 0 Å². The molecule has 2 heterocycles. The first-order valence-corrected chi connectivity index (χ1v) is 11.5. The van der Waals surface area contributed by atoms with Gasteiger partial charge < -0.3 is 5.32 Å².